The van der Waals surface area contributed by atoms with Crippen molar-refractivity contribution in [3.05, 3.63) is 53.1 Å². The highest BCUT2D eigenvalue weighted by molar-refractivity contribution is 6.30. The van der Waals surface area contributed by atoms with E-state index in [1.54, 1.807) is 30.3 Å². The summed E-state index contributed by atoms with van der Waals surface area (Å²) in [5.74, 6) is 1.25. The van der Waals surface area contributed by atoms with Crippen LogP contribution in [0.2, 0.25) is 5.02 Å². The highest BCUT2D eigenvalue weighted by Crippen LogP contribution is 2.27. The van der Waals surface area contributed by atoms with Crippen LogP contribution < -0.4 is 9.47 Å². The number of aromatic hydroxyl groups is 1. The van der Waals surface area contributed by atoms with Crippen LogP contribution in [0.3, 0.4) is 0 Å². The summed E-state index contributed by atoms with van der Waals surface area (Å²) in [5.41, 5.74) is 0.907. The molecule has 1 N–H and O–H groups in total. The lowest BCUT2D eigenvalue weighted by molar-refractivity contribution is 0.304. The van der Waals surface area contributed by atoms with Crippen molar-refractivity contribution < 1.29 is 14.6 Å². The van der Waals surface area contributed by atoms with E-state index in [0.29, 0.717) is 23.1 Å². The van der Waals surface area contributed by atoms with Crippen molar-refractivity contribution in [3.63, 3.8) is 0 Å². The maximum Gasteiger partial charge on any atom is 0.160 e. The molecular formula is C14H13ClO3. The van der Waals surface area contributed by atoms with E-state index in [9.17, 15) is 5.11 Å². The van der Waals surface area contributed by atoms with Gasteiger partial charge < -0.3 is 14.6 Å². The molecule has 0 aliphatic carbocycles. The molecule has 0 saturated carbocycles. The van der Waals surface area contributed by atoms with Crippen LogP contribution in [0, 0.1) is 0 Å². The summed E-state index contributed by atoms with van der Waals surface area (Å²) < 4.78 is 10.6. The lowest BCUT2D eigenvalue weighted by atomic mass is 10.2. The second-order valence-corrected chi connectivity index (χ2v) is 4.19. The molecule has 0 amide bonds. The molecule has 0 bridgehead atoms. The molecule has 0 spiro atoms. The fourth-order valence-corrected chi connectivity index (χ4v) is 1.72. The average molecular weight is 265 g/mol. The van der Waals surface area contributed by atoms with Gasteiger partial charge in [-0.15, -0.1) is 0 Å². The Labute approximate surface area is 111 Å². The van der Waals surface area contributed by atoms with Crippen LogP contribution in [-0.2, 0) is 6.61 Å². The maximum atomic E-state index is 9.47. The van der Waals surface area contributed by atoms with E-state index in [4.69, 9.17) is 21.1 Å². The Hall–Kier alpha value is -1.87. The Morgan fingerprint density at radius 1 is 1.17 bits per heavy atom. The number of halogens is 1. The lowest BCUT2D eigenvalue weighted by Gasteiger charge is -2.09. The average Bonchev–Trinajstić information content (AvgIpc) is 2.38. The minimum Gasteiger partial charge on any atom is -0.504 e. The Morgan fingerprint density at radius 2 is 2.00 bits per heavy atom. The summed E-state index contributed by atoms with van der Waals surface area (Å²) >= 11 is 5.86. The zero-order valence-corrected chi connectivity index (χ0v) is 10.6. The summed E-state index contributed by atoms with van der Waals surface area (Å²) in [6.45, 7) is 0.386. The molecule has 0 aliphatic heterocycles. The lowest BCUT2D eigenvalue weighted by Crippen LogP contribution is -1.96. The Kier molecular flexibility index (Phi) is 3.95. The van der Waals surface area contributed by atoms with Crippen molar-refractivity contribution in [1.82, 2.24) is 0 Å². The minimum absolute atomic E-state index is 0.115. The van der Waals surface area contributed by atoms with Gasteiger partial charge in [-0.3, -0.25) is 0 Å². The number of benzene rings is 2. The van der Waals surface area contributed by atoms with Crippen molar-refractivity contribution in [1.29, 1.82) is 0 Å². The van der Waals surface area contributed by atoms with Crippen LogP contribution >= 0.6 is 11.6 Å². The number of ether oxygens (including phenoxy) is 2. The summed E-state index contributed by atoms with van der Waals surface area (Å²) in [5, 5.41) is 10.1. The van der Waals surface area contributed by atoms with Crippen LogP contribution in [0.15, 0.2) is 42.5 Å². The van der Waals surface area contributed by atoms with E-state index in [2.05, 4.69) is 0 Å². The molecule has 2 aromatic rings. The molecule has 0 radical (unpaired) electrons. The highest BCUT2D eigenvalue weighted by atomic mass is 35.5. The highest BCUT2D eigenvalue weighted by Gasteiger charge is 2.03. The van der Waals surface area contributed by atoms with Gasteiger partial charge in [0.1, 0.15) is 12.4 Å². The van der Waals surface area contributed by atoms with Crippen LogP contribution in [0.1, 0.15) is 5.56 Å². The van der Waals surface area contributed by atoms with Crippen molar-refractivity contribution in [2.24, 2.45) is 0 Å². The molecule has 0 aliphatic rings. The van der Waals surface area contributed by atoms with E-state index in [-0.39, 0.29) is 5.75 Å². The van der Waals surface area contributed by atoms with Crippen molar-refractivity contribution >= 4 is 11.6 Å². The zero-order valence-electron chi connectivity index (χ0n) is 9.89. The molecule has 2 aromatic carbocycles. The fraction of sp³-hybridized carbons (Fsp3) is 0.143. The largest absolute Gasteiger partial charge is 0.504 e. The van der Waals surface area contributed by atoms with Gasteiger partial charge in [-0.2, -0.15) is 0 Å². The van der Waals surface area contributed by atoms with Crippen LogP contribution in [-0.4, -0.2) is 12.2 Å². The molecule has 0 saturated heterocycles. The maximum absolute atomic E-state index is 9.47. The summed E-state index contributed by atoms with van der Waals surface area (Å²) in [7, 11) is 1.51. The molecule has 3 nitrogen and oxygen atoms in total. The number of phenols is 1. The SMILES string of the molecule is COc1cc(COc2cccc(Cl)c2)ccc1O. The fourth-order valence-electron chi connectivity index (χ4n) is 1.54. The number of rotatable bonds is 4. The molecule has 4 heteroatoms. The molecule has 94 valence electrons. The summed E-state index contributed by atoms with van der Waals surface area (Å²) in [6, 6.07) is 12.3. The second kappa shape index (κ2) is 5.65. The van der Waals surface area contributed by atoms with Gasteiger partial charge in [-0.25, -0.2) is 0 Å². The van der Waals surface area contributed by atoms with Gasteiger partial charge >= 0.3 is 0 Å². The molecule has 0 fully saturated rings. The Morgan fingerprint density at radius 3 is 2.72 bits per heavy atom. The van der Waals surface area contributed by atoms with E-state index in [0.717, 1.165) is 5.56 Å². The van der Waals surface area contributed by atoms with Crippen LogP contribution in [0.5, 0.6) is 17.2 Å². The van der Waals surface area contributed by atoms with E-state index in [1.165, 1.54) is 7.11 Å². The smallest absolute Gasteiger partial charge is 0.160 e. The first-order chi connectivity index (χ1) is 8.69. The monoisotopic (exact) mass is 264 g/mol. The number of hydrogen-bond acceptors (Lipinski definition) is 3. The zero-order chi connectivity index (χ0) is 13.0. The Bertz CT molecular complexity index is 540. The molecule has 0 atom stereocenters. The third kappa shape index (κ3) is 3.08. The quantitative estimate of drug-likeness (QED) is 0.916. The molecular weight excluding hydrogens is 252 g/mol. The predicted molar refractivity (Wildman–Crippen MR) is 70.4 cm³/mol. The van der Waals surface area contributed by atoms with Gasteiger partial charge in [0, 0.05) is 5.02 Å². The van der Waals surface area contributed by atoms with Crippen molar-refractivity contribution in [2.45, 2.75) is 6.61 Å². The van der Waals surface area contributed by atoms with Gasteiger partial charge in [0.2, 0.25) is 0 Å². The molecule has 0 unspecified atom stereocenters. The van der Waals surface area contributed by atoms with E-state index in [1.807, 2.05) is 12.1 Å². The number of methoxy groups -OCH3 is 1. The third-order valence-electron chi connectivity index (χ3n) is 2.45. The van der Waals surface area contributed by atoms with Crippen molar-refractivity contribution in [2.75, 3.05) is 7.11 Å². The second-order valence-electron chi connectivity index (χ2n) is 3.75. The van der Waals surface area contributed by atoms with Crippen molar-refractivity contribution in [3.8, 4) is 17.2 Å². The van der Waals surface area contributed by atoms with Crippen LogP contribution in [0.4, 0.5) is 0 Å². The minimum atomic E-state index is 0.115. The van der Waals surface area contributed by atoms with Crippen LogP contribution in [0.25, 0.3) is 0 Å². The van der Waals surface area contributed by atoms with Gasteiger partial charge in [0.15, 0.2) is 11.5 Å². The van der Waals surface area contributed by atoms with Gasteiger partial charge in [0.05, 0.1) is 7.11 Å². The number of hydrogen-bond donors (Lipinski definition) is 1. The molecule has 0 aromatic heterocycles. The molecule has 0 heterocycles. The van der Waals surface area contributed by atoms with Gasteiger partial charge in [-0.1, -0.05) is 23.7 Å². The Balaban J connectivity index is 2.06. The van der Waals surface area contributed by atoms with Gasteiger partial charge in [0.25, 0.3) is 0 Å². The molecule has 18 heavy (non-hydrogen) atoms. The third-order valence-corrected chi connectivity index (χ3v) is 2.68. The van der Waals surface area contributed by atoms with Gasteiger partial charge in [-0.05, 0) is 35.9 Å². The predicted octanol–water partition coefficient (Wildman–Crippen LogP) is 3.63. The normalized spacial score (nSPS) is 10.1. The topological polar surface area (TPSA) is 38.7 Å². The summed E-state index contributed by atoms with van der Waals surface area (Å²) in [4.78, 5) is 0. The first-order valence-electron chi connectivity index (χ1n) is 5.43. The summed E-state index contributed by atoms with van der Waals surface area (Å²) in [6.07, 6.45) is 0. The number of phenolic OH excluding ortho intramolecular Hbond substituents is 1. The first kappa shape index (κ1) is 12.6. The van der Waals surface area contributed by atoms with E-state index < -0.39 is 0 Å². The van der Waals surface area contributed by atoms with E-state index >= 15 is 0 Å². The standard InChI is InChI=1S/C14H13ClO3/c1-17-14-7-10(5-6-13(14)16)9-18-12-4-2-3-11(15)8-12/h2-8,16H,9H2,1H3. The first-order valence-corrected chi connectivity index (χ1v) is 5.81. The molecule has 2 rings (SSSR count).